The zero-order valence-corrected chi connectivity index (χ0v) is 23.7. The summed E-state index contributed by atoms with van der Waals surface area (Å²) in [5.74, 6) is 0.361. The number of hydrogen-bond acceptors (Lipinski definition) is 3. The molecule has 1 heterocycles. The molecular weight excluding hydrogens is 484 g/mol. The van der Waals surface area contributed by atoms with Crippen molar-refractivity contribution >= 4 is 17.6 Å². The lowest BCUT2D eigenvalue weighted by molar-refractivity contribution is -0.117. The van der Waals surface area contributed by atoms with E-state index in [4.69, 9.17) is 5.10 Å². The van der Waals surface area contributed by atoms with Crippen molar-refractivity contribution in [1.29, 1.82) is 0 Å². The second-order valence-corrected chi connectivity index (χ2v) is 11.4. The maximum atomic E-state index is 13.5. The molecule has 0 unspecified atom stereocenters. The number of aryl methyl sites for hydroxylation is 1. The lowest BCUT2D eigenvalue weighted by atomic mass is 9.92. The first kappa shape index (κ1) is 27.8. The highest BCUT2D eigenvalue weighted by atomic mass is 16.2. The van der Waals surface area contributed by atoms with Gasteiger partial charge in [-0.25, -0.2) is 4.68 Å². The Balaban J connectivity index is 1.56. The number of amides is 2. The number of rotatable bonds is 8. The molecule has 6 nitrogen and oxygen atoms in total. The second kappa shape index (κ2) is 11.7. The van der Waals surface area contributed by atoms with E-state index in [1.54, 1.807) is 9.58 Å². The Hall–Kier alpha value is -4.19. The average Bonchev–Trinajstić information content (AvgIpc) is 3.32. The highest BCUT2D eigenvalue weighted by Crippen LogP contribution is 2.27. The highest BCUT2D eigenvalue weighted by molar-refractivity contribution is 5.99. The number of para-hydroxylation sites is 1. The smallest absolute Gasteiger partial charge is 0.254 e. The van der Waals surface area contributed by atoms with Crippen molar-refractivity contribution in [2.75, 3.05) is 18.4 Å². The summed E-state index contributed by atoms with van der Waals surface area (Å²) in [5, 5.41) is 7.87. The third kappa shape index (κ3) is 6.82. The highest BCUT2D eigenvalue weighted by Gasteiger charge is 2.24. The van der Waals surface area contributed by atoms with Gasteiger partial charge in [-0.2, -0.15) is 5.10 Å². The van der Waals surface area contributed by atoms with Crippen LogP contribution >= 0.6 is 0 Å². The van der Waals surface area contributed by atoms with E-state index in [1.165, 1.54) is 0 Å². The molecule has 0 atom stereocenters. The molecule has 0 saturated carbocycles. The van der Waals surface area contributed by atoms with E-state index in [9.17, 15) is 9.59 Å². The Morgan fingerprint density at radius 1 is 0.897 bits per heavy atom. The average molecular weight is 523 g/mol. The van der Waals surface area contributed by atoms with E-state index < -0.39 is 0 Å². The van der Waals surface area contributed by atoms with Crippen LogP contribution in [0.4, 0.5) is 5.82 Å². The lowest BCUT2D eigenvalue weighted by Gasteiger charge is -2.24. The zero-order chi connectivity index (χ0) is 28.2. The zero-order valence-electron chi connectivity index (χ0n) is 23.7. The van der Waals surface area contributed by atoms with Gasteiger partial charge < -0.3 is 10.2 Å². The summed E-state index contributed by atoms with van der Waals surface area (Å²) in [5.41, 5.74) is 5.31. The number of nitrogens with zero attached hydrogens (tertiary/aromatic N) is 3. The number of hydrogen-bond donors (Lipinski definition) is 1. The van der Waals surface area contributed by atoms with Crippen LogP contribution in [0.2, 0.25) is 0 Å². The van der Waals surface area contributed by atoms with Crippen LogP contribution in [0.25, 0.3) is 16.8 Å². The van der Waals surface area contributed by atoms with Crippen molar-refractivity contribution in [3.8, 4) is 16.8 Å². The topological polar surface area (TPSA) is 67.2 Å². The van der Waals surface area contributed by atoms with Crippen molar-refractivity contribution in [2.45, 2.75) is 47.0 Å². The fourth-order valence-corrected chi connectivity index (χ4v) is 4.46. The molecule has 0 bridgehead atoms. The molecule has 202 valence electrons. The molecule has 0 spiro atoms. The number of nitrogens with one attached hydrogen (secondary N) is 1. The molecule has 4 rings (SSSR count). The number of carbonyl (C=O) groups is 2. The molecule has 1 N–H and O–H groups in total. The predicted molar refractivity (Wildman–Crippen MR) is 158 cm³/mol. The van der Waals surface area contributed by atoms with Gasteiger partial charge in [0, 0.05) is 23.6 Å². The molecule has 0 fully saturated rings. The standard InChI is InChI=1S/C33H38N4O2/c1-23(2)21-36(32(39)27-18-16-26(17-19-27)25-13-8-7-9-14-25)22-31(38)34-30-20-29(33(4,5)6)35-37(30)28-15-11-10-12-24(28)3/h7-20,23H,21-22H2,1-6H3,(H,34,38). The minimum Gasteiger partial charge on any atom is -0.329 e. The molecule has 6 heteroatoms. The number of aromatic nitrogens is 2. The van der Waals surface area contributed by atoms with Gasteiger partial charge in [-0.15, -0.1) is 0 Å². The fourth-order valence-electron chi connectivity index (χ4n) is 4.46. The molecule has 0 radical (unpaired) electrons. The molecule has 2 amide bonds. The predicted octanol–water partition coefficient (Wildman–Crippen LogP) is 6.88. The van der Waals surface area contributed by atoms with Crippen molar-refractivity contribution in [3.05, 3.63) is 102 Å². The second-order valence-electron chi connectivity index (χ2n) is 11.4. The van der Waals surface area contributed by atoms with Gasteiger partial charge in [0.1, 0.15) is 12.4 Å². The van der Waals surface area contributed by atoms with Gasteiger partial charge in [-0.1, -0.05) is 95.3 Å². The molecule has 0 aliphatic rings. The van der Waals surface area contributed by atoms with E-state index >= 15 is 0 Å². The summed E-state index contributed by atoms with van der Waals surface area (Å²) in [4.78, 5) is 28.5. The van der Waals surface area contributed by atoms with E-state index in [1.807, 2.05) is 106 Å². The number of anilines is 1. The van der Waals surface area contributed by atoms with Crippen LogP contribution in [0.15, 0.2) is 84.9 Å². The third-order valence-electron chi connectivity index (χ3n) is 6.54. The van der Waals surface area contributed by atoms with Gasteiger partial charge in [-0.3, -0.25) is 9.59 Å². The minimum atomic E-state index is -0.264. The van der Waals surface area contributed by atoms with Crippen molar-refractivity contribution in [3.63, 3.8) is 0 Å². The van der Waals surface area contributed by atoms with E-state index in [2.05, 4.69) is 26.1 Å². The molecular formula is C33H38N4O2. The minimum absolute atomic E-state index is 0.0543. The Labute approximate surface area is 231 Å². The van der Waals surface area contributed by atoms with Crippen LogP contribution in [0, 0.1) is 12.8 Å². The summed E-state index contributed by atoms with van der Waals surface area (Å²) in [6.45, 7) is 12.8. The largest absolute Gasteiger partial charge is 0.329 e. The number of benzene rings is 3. The van der Waals surface area contributed by atoms with Crippen LogP contribution in [-0.4, -0.2) is 39.6 Å². The Morgan fingerprint density at radius 3 is 2.13 bits per heavy atom. The summed E-state index contributed by atoms with van der Waals surface area (Å²) in [6.07, 6.45) is 0. The summed E-state index contributed by atoms with van der Waals surface area (Å²) >= 11 is 0. The van der Waals surface area contributed by atoms with Crippen molar-refractivity contribution < 1.29 is 9.59 Å². The van der Waals surface area contributed by atoms with Crippen molar-refractivity contribution in [1.82, 2.24) is 14.7 Å². The van der Waals surface area contributed by atoms with Crippen LogP contribution in [-0.2, 0) is 10.2 Å². The quantitative estimate of drug-likeness (QED) is 0.274. The monoisotopic (exact) mass is 522 g/mol. The third-order valence-corrected chi connectivity index (χ3v) is 6.54. The number of carbonyl (C=O) groups excluding carboxylic acids is 2. The molecule has 3 aromatic carbocycles. The summed E-state index contributed by atoms with van der Waals surface area (Å²) in [7, 11) is 0. The molecule has 0 saturated heterocycles. The lowest BCUT2D eigenvalue weighted by Crippen LogP contribution is -2.40. The van der Waals surface area contributed by atoms with Crippen LogP contribution in [0.5, 0.6) is 0 Å². The molecule has 0 aliphatic carbocycles. The van der Waals surface area contributed by atoms with Crippen molar-refractivity contribution in [2.24, 2.45) is 5.92 Å². The van der Waals surface area contributed by atoms with E-state index in [0.29, 0.717) is 17.9 Å². The van der Waals surface area contributed by atoms with E-state index in [0.717, 1.165) is 28.1 Å². The van der Waals surface area contributed by atoms with Crippen LogP contribution in [0.3, 0.4) is 0 Å². The maximum Gasteiger partial charge on any atom is 0.254 e. The van der Waals surface area contributed by atoms with E-state index in [-0.39, 0.29) is 29.7 Å². The fraction of sp³-hybridized carbons (Fsp3) is 0.303. The summed E-state index contributed by atoms with van der Waals surface area (Å²) in [6, 6.07) is 27.5. The Morgan fingerprint density at radius 2 is 1.51 bits per heavy atom. The van der Waals surface area contributed by atoms with Gasteiger partial charge in [0.15, 0.2) is 0 Å². The van der Waals surface area contributed by atoms with Gasteiger partial charge in [0.05, 0.1) is 11.4 Å². The van der Waals surface area contributed by atoms with Gasteiger partial charge >= 0.3 is 0 Å². The van der Waals surface area contributed by atoms with Crippen LogP contribution < -0.4 is 5.32 Å². The normalized spacial score (nSPS) is 11.5. The van der Waals surface area contributed by atoms with Gasteiger partial charge in [0.2, 0.25) is 5.91 Å². The summed E-state index contributed by atoms with van der Waals surface area (Å²) < 4.78 is 1.78. The maximum absolute atomic E-state index is 13.5. The van der Waals surface area contributed by atoms with Gasteiger partial charge in [-0.05, 0) is 47.7 Å². The molecule has 1 aromatic heterocycles. The Bertz CT molecular complexity index is 1430. The molecule has 39 heavy (non-hydrogen) atoms. The SMILES string of the molecule is Cc1ccccc1-n1nc(C(C)(C)C)cc1NC(=O)CN(CC(C)C)C(=O)c1ccc(-c2ccccc2)cc1. The van der Waals surface area contributed by atoms with Gasteiger partial charge in [0.25, 0.3) is 5.91 Å². The molecule has 4 aromatic rings. The van der Waals surface area contributed by atoms with Crippen LogP contribution in [0.1, 0.15) is 56.2 Å². The first-order chi connectivity index (χ1) is 18.5. The first-order valence-electron chi connectivity index (χ1n) is 13.4. The molecule has 0 aliphatic heterocycles. The Kier molecular flexibility index (Phi) is 8.34. The first-order valence-corrected chi connectivity index (χ1v) is 13.4.